The first-order valence-corrected chi connectivity index (χ1v) is 6.81. The van der Waals surface area contributed by atoms with Crippen molar-refractivity contribution in [2.45, 2.75) is 44.4 Å². The second-order valence-corrected chi connectivity index (χ2v) is 5.39. The van der Waals surface area contributed by atoms with E-state index >= 15 is 0 Å². The summed E-state index contributed by atoms with van der Waals surface area (Å²) in [5.74, 6) is 0.884. The van der Waals surface area contributed by atoms with Crippen molar-refractivity contribution in [2.75, 3.05) is 0 Å². The van der Waals surface area contributed by atoms with E-state index in [0.717, 1.165) is 16.1 Å². The minimum absolute atomic E-state index is 0.139. The molecule has 1 aliphatic rings. The molecule has 0 aliphatic heterocycles. The molecule has 1 fully saturated rings. The third kappa shape index (κ3) is 2.70. The molecule has 0 amide bonds. The Labute approximate surface area is 109 Å². The molecule has 0 saturated heterocycles. The van der Waals surface area contributed by atoms with Crippen molar-refractivity contribution in [1.29, 1.82) is 0 Å². The topological polar surface area (TPSA) is 55.1 Å². The molecule has 94 valence electrons. The largest absolute Gasteiger partial charge is 0.481 e. The molecule has 1 aromatic rings. The molecule has 0 bridgehead atoms. The molecule has 1 N–H and O–H groups in total. The first kappa shape index (κ1) is 12.6. The fourth-order valence-electron chi connectivity index (χ4n) is 2.49. The summed E-state index contributed by atoms with van der Waals surface area (Å²) in [5.41, 5.74) is 0.872. The number of carboxylic acids is 1. The van der Waals surface area contributed by atoms with E-state index in [2.05, 4.69) is 25.5 Å². The summed E-state index contributed by atoms with van der Waals surface area (Å²) in [4.78, 5) is 15.2. The summed E-state index contributed by atoms with van der Waals surface area (Å²) in [5, 5.41) is 8.70. The van der Waals surface area contributed by atoms with E-state index < -0.39 is 5.97 Å². The van der Waals surface area contributed by atoms with Crippen molar-refractivity contribution in [1.82, 2.24) is 9.55 Å². The van der Waals surface area contributed by atoms with Gasteiger partial charge in [0.15, 0.2) is 0 Å². The van der Waals surface area contributed by atoms with E-state index in [1.165, 1.54) is 25.7 Å². The summed E-state index contributed by atoms with van der Waals surface area (Å²) in [6, 6.07) is 0. The van der Waals surface area contributed by atoms with E-state index in [1.807, 2.05) is 7.05 Å². The number of rotatable bonds is 4. The molecular formula is C12H17BrN2O2. The van der Waals surface area contributed by atoms with Crippen molar-refractivity contribution in [3.63, 3.8) is 0 Å². The predicted octanol–water partition coefficient (Wildman–Crippen LogP) is 2.86. The van der Waals surface area contributed by atoms with Gasteiger partial charge in [0.2, 0.25) is 0 Å². The van der Waals surface area contributed by atoms with Gasteiger partial charge in [-0.2, -0.15) is 0 Å². The zero-order valence-corrected chi connectivity index (χ0v) is 11.5. The Balaban J connectivity index is 2.17. The molecule has 17 heavy (non-hydrogen) atoms. The zero-order valence-electron chi connectivity index (χ0n) is 9.95. The molecular weight excluding hydrogens is 284 g/mol. The van der Waals surface area contributed by atoms with Crippen molar-refractivity contribution in [2.24, 2.45) is 7.05 Å². The van der Waals surface area contributed by atoms with Crippen molar-refractivity contribution >= 4 is 21.9 Å². The van der Waals surface area contributed by atoms with Crippen LogP contribution >= 0.6 is 15.9 Å². The first-order chi connectivity index (χ1) is 8.09. The molecule has 0 atom stereocenters. The van der Waals surface area contributed by atoms with Gasteiger partial charge in [-0.25, -0.2) is 4.98 Å². The predicted molar refractivity (Wildman–Crippen MR) is 68.1 cm³/mol. The van der Waals surface area contributed by atoms with Crippen LogP contribution in [-0.4, -0.2) is 20.6 Å². The Bertz CT molecular complexity index is 422. The van der Waals surface area contributed by atoms with Gasteiger partial charge in [0, 0.05) is 19.4 Å². The number of hydrogen-bond donors (Lipinski definition) is 1. The van der Waals surface area contributed by atoms with Gasteiger partial charge in [-0.1, -0.05) is 12.8 Å². The standard InChI is InChI=1S/C12H17BrN2O2/c1-15-11(13)9(6-7-10(16)17)14-12(15)8-4-2-3-5-8/h8H,2-7H2,1H3,(H,16,17). The maximum absolute atomic E-state index is 10.6. The van der Waals surface area contributed by atoms with Crippen LogP contribution in [0.3, 0.4) is 0 Å². The molecule has 1 heterocycles. The number of carbonyl (C=O) groups is 1. The van der Waals surface area contributed by atoms with Crippen LogP contribution in [0.25, 0.3) is 0 Å². The Morgan fingerprint density at radius 1 is 1.53 bits per heavy atom. The molecule has 0 radical (unpaired) electrons. The van der Waals surface area contributed by atoms with Gasteiger partial charge in [0.1, 0.15) is 10.4 Å². The third-order valence-corrected chi connectivity index (χ3v) is 4.41. The van der Waals surface area contributed by atoms with E-state index in [4.69, 9.17) is 5.11 Å². The lowest BCUT2D eigenvalue weighted by Gasteiger charge is -2.08. The van der Waals surface area contributed by atoms with E-state index in [-0.39, 0.29) is 6.42 Å². The highest BCUT2D eigenvalue weighted by molar-refractivity contribution is 9.10. The average Bonchev–Trinajstić information content (AvgIpc) is 2.88. The van der Waals surface area contributed by atoms with Gasteiger partial charge in [-0.3, -0.25) is 4.79 Å². The molecule has 5 heteroatoms. The number of imidazole rings is 1. The third-order valence-electron chi connectivity index (χ3n) is 3.42. The lowest BCUT2D eigenvalue weighted by atomic mass is 10.1. The highest BCUT2D eigenvalue weighted by Gasteiger charge is 2.24. The van der Waals surface area contributed by atoms with Crippen LogP contribution in [-0.2, 0) is 18.3 Å². The van der Waals surface area contributed by atoms with Crippen LogP contribution in [0.2, 0.25) is 0 Å². The summed E-state index contributed by atoms with van der Waals surface area (Å²) < 4.78 is 2.99. The summed E-state index contributed by atoms with van der Waals surface area (Å²) in [6.07, 6.45) is 5.60. The lowest BCUT2D eigenvalue weighted by Crippen LogP contribution is -2.02. The Hall–Kier alpha value is -0.840. The van der Waals surface area contributed by atoms with Crippen molar-refractivity contribution in [3.05, 3.63) is 16.1 Å². The maximum Gasteiger partial charge on any atom is 0.303 e. The quantitative estimate of drug-likeness (QED) is 0.930. The van der Waals surface area contributed by atoms with Crippen LogP contribution in [0.5, 0.6) is 0 Å². The smallest absolute Gasteiger partial charge is 0.303 e. The molecule has 1 aromatic heterocycles. The Morgan fingerprint density at radius 2 is 2.18 bits per heavy atom. The first-order valence-electron chi connectivity index (χ1n) is 6.02. The number of hydrogen-bond acceptors (Lipinski definition) is 2. The molecule has 1 aliphatic carbocycles. The monoisotopic (exact) mass is 300 g/mol. The number of halogens is 1. The second-order valence-electron chi connectivity index (χ2n) is 4.64. The summed E-state index contributed by atoms with van der Waals surface area (Å²) in [7, 11) is 2.00. The van der Waals surface area contributed by atoms with E-state index in [1.54, 1.807) is 0 Å². The Morgan fingerprint density at radius 3 is 2.76 bits per heavy atom. The van der Waals surface area contributed by atoms with E-state index in [9.17, 15) is 4.79 Å². The van der Waals surface area contributed by atoms with E-state index in [0.29, 0.717) is 12.3 Å². The molecule has 0 unspecified atom stereocenters. The molecule has 2 rings (SSSR count). The summed E-state index contributed by atoms with van der Waals surface area (Å²) >= 11 is 3.51. The summed E-state index contributed by atoms with van der Waals surface area (Å²) in [6.45, 7) is 0. The van der Waals surface area contributed by atoms with Gasteiger partial charge in [0.05, 0.1) is 12.1 Å². The fourth-order valence-corrected chi connectivity index (χ4v) is 2.96. The maximum atomic E-state index is 10.6. The number of carboxylic acid groups (broad SMARTS) is 1. The molecule has 0 aromatic carbocycles. The van der Waals surface area contributed by atoms with Gasteiger partial charge < -0.3 is 9.67 Å². The molecule has 4 nitrogen and oxygen atoms in total. The van der Waals surface area contributed by atoms with Crippen LogP contribution < -0.4 is 0 Å². The minimum atomic E-state index is -0.773. The zero-order chi connectivity index (χ0) is 12.4. The normalized spacial score (nSPS) is 16.6. The number of aliphatic carboxylic acids is 1. The fraction of sp³-hybridized carbons (Fsp3) is 0.667. The number of aromatic nitrogens is 2. The van der Waals surface area contributed by atoms with Gasteiger partial charge in [-0.15, -0.1) is 0 Å². The second kappa shape index (κ2) is 5.21. The van der Waals surface area contributed by atoms with Crippen LogP contribution in [0, 0.1) is 0 Å². The molecule has 0 spiro atoms. The van der Waals surface area contributed by atoms with Gasteiger partial charge in [-0.05, 0) is 28.8 Å². The minimum Gasteiger partial charge on any atom is -0.481 e. The van der Waals surface area contributed by atoms with Gasteiger partial charge in [0.25, 0.3) is 0 Å². The number of nitrogens with zero attached hydrogens (tertiary/aromatic N) is 2. The SMILES string of the molecule is Cn1c(C2CCCC2)nc(CCC(=O)O)c1Br. The highest BCUT2D eigenvalue weighted by atomic mass is 79.9. The number of aryl methyl sites for hydroxylation is 1. The van der Waals surface area contributed by atoms with Gasteiger partial charge >= 0.3 is 5.97 Å². The average molecular weight is 301 g/mol. The lowest BCUT2D eigenvalue weighted by molar-refractivity contribution is -0.136. The molecule has 1 saturated carbocycles. The van der Waals surface area contributed by atoms with Crippen LogP contribution in [0.1, 0.15) is 49.5 Å². The van der Waals surface area contributed by atoms with Crippen molar-refractivity contribution in [3.8, 4) is 0 Å². The Kier molecular flexibility index (Phi) is 3.86. The highest BCUT2D eigenvalue weighted by Crippen LogP contribution is 2.35. The van der Waals surface area contributed by atoms with Crippen molar-refractivity contribution < 1.29 is 9.90 Å². The van der Waals surface area contributed by atoms with Crippen LogP contribution in [0.15, 0.2) is 4.60 Å². The van der Waals surface area contributed by atoms with Crippen LogP contribution in [0.4, 0.5) is 0 Å².